The number of aliphatic hydroxyl groups excluding tert-OH is 13. The fourth-order valence-electron chi connectivity index (χ4n) is 14.4. The summed E-state index contributed by atoms with van der Waals surface area (Å²) in [5.74, 6) is 2.06. The molecule has 14 rings (SSSR count). The van der Waals surface area contributed by atoms with Crippen LogP contribution in [0.3, 0.4) is 0 Å². The summed E-state index contributed by atoms with van der Waals surface area (Å²) in [6.45, 7) is 11.7. The Morgan fingerprint density at radius 3 is 1.32 bits per heavy atom. The molecule has 56 nitrogen and oxygen atoms in total. The van der Waals surface area contributed by atoms with E-state index in [1.807, 2.05) is 5.48 Å². The Morgan fingerprint density at radius 2 is 0.909 bits per heavy atom. The lowest BCUT2D eigenvalue weighted by atomic mass is 9.97. The van der Waals surface area contributed by atoms with Gasteiger partial charge in [-0.2, -0.15) is 0 Å². The van der Waals surface area contributed by atoms with Gasteiger partial charge in [-0.15, -0.1) is 11.6 Å². The van der Waals surface area contributed by atoms with E-state index >= 15 is 0 Å². The largest absolute Gasteiger partial charge is 0.397 e. The number of aryl methyl sites for hydroxylation is 1. The number of nitrogens with two attached hydrogens (primary N) is 3. The monoisotopic (exact) mass is 1890 g/mol. The first-order chi connectivity index (χ1) is 62.7. The summed E-state index contributed by atoms with van der Waals surface area (Å²) in [7, 11) is 1.58. The third-order valence-corrected chi connectivity index (χ3v) is 22.4. The molecule has 10 aliphatic heterocycles. The first-order valence-corrected chi connectivity index (χ1v) is 39.1. The average molecular weight is 1890 g/mol. The van der Waals surface area contributed by atoms with E-state index in [1.165, 1.54) is 78.2 Å². The number of pyridine rings is 1. The van der Waals surface area contributed by atoms with E-state index in [9.17, 15) is 93.1 Å². The number of ether oxygens (including phenoxy) is 6. The number of nitrogens with zero attached hydrogens (tertiary/aromatic N) is 29. The van der Waals surface area contributed by atoms with E-state index in [4.69, 9.17) is 90.1 Å². The number of nitrogens with one attached hydrogen (secondary N) is 3. The van der Waals surface area contributed by atoms with Crippen molar-refractivity contribution in [1.29, 1.82) is 0 Å². The molecule has 62 heteroatoms. The summed E-state index contributed by atoms with van der Waals surface area (Å²) in [5, 5.41) is 155. The van der Waals surface area contributed by atoms with E-state index < -0.39 is 222 Å². The fourth-order valence-corrected chi connectivity index (χ4v) is 14.7. The predicted molar refractivity (Wildman–Crippen MR) is 448 cm³/mol. The Kier molecular flexibility index (Phi) is 34.1. The molecule has 14 heterocycles. The lowest BCUT2D eigenvalue weighted by molar-refractivity contribution is -0.128. The summed E-state index contributed by atoms with van der Waals surface area (Å²) < 4.78 is 108. The van der Waals surface area contributed by atoms with Crippen LogP contribution in [-0.4, -0.2) is 366 Å². The number of hydrogen-bond donors (Lipinski definition) is 20. The minimum atomic E-state index is -1.95. The second-order valence-electron chi connectivity index (χ2n) is 30.0. The van der Waals surface area contributed by atoms with Crippen LogP contribution in [-0.2, 0) is 28.4 Å². The summed E-state index contributed by atoms with van der Waals surface area (Å²) in [5.41, 5.74) is 51.8. The van der Waals surface area contributed by atoms with Crippen molar-refractivity contribution in [3.63, 3.8) is 0 Å². The molecule has 4 aromatic heterocycles. The normalized spacial score (nSPS) is 33.9. The van der Waals surface area contributed by atoms with Crippen LogP contribution in [0.1, 0.15) is 25.2 Å². The number of hydrogen-bond acceptors (Lipinski definition) is 42. The third kappa shape index (κ3) is 20.5. The Labute approximate surface area is 744 Å². The summed E-state index contributed by atoms with van der Waals surface area (Å²) in [6, 6.07) is 1.55. The molecule has 10 aliphatic rings. The van der Waals surface area contributed by atoms with Gasteiger partial charge in [-0.05, 0) is 65.8 Å². The van der Waals surface area contributed by atoms with Crippen LogP contribution < -0.4 is 33.6 Å². The third-order valence-electron chi connectivity index (χ3n) is 21.9. The maximum atomic E-state index is 14.6. The van der Waals surface area contributed by atoms with Gasteiger partial charge in [0.05, 0.1) is 96.6 Å². The van der Waals surface area contributed by atoms with Crippen molar-refractivity contribution in [2.75, 3.05) is 91.0 Å². The molecule has 0 aliphatic carbocycles. The van der Waals surface area contributed by atoms with Gasteiger partial charge >= 0.3 is 0 Å². The number of hydroxylamine groups is 1. The van der Waals surface area contributed by atoms with Gasteiger partial charge in [-0.25, -0.2) is 56.9 Å². The van der Waals surface area contributed by atoms with Crippen molar-refractivity contribution in [2.45, 2.75) is 158 Å². The van der Waals surface area contributed by atoms with Crippen LogP contribution in [0, 0.1) is 6.92 Å². The van der Waals surface area contributed by atoms with Crippen LogP contribution in [0.15, 0.2) is 173 Å². The van der Waals surface area contributed by atoms with E-state index in [-0.39, 0.29) is 57.7 Å². The van der Waals surface area contributed by atoms with Crippen LogP contribution >= 0.6 is 11.6 Å². The van der Waals surface area contributed by atoms with Crippen LogP contribution in [0.4, 0.5) is 27.6 Å². The van der Waals surface area contributed by atoms with Gasteiger partial charge in [-0.3, -0.25) is 29.6 Å². The predicted octanol–water partition coefficient (Wildman–Crippen LogP) is -1.43. The molecule has 0 spiro atoms. The smallest absolute Gasteiger partial charge is 0.279 e. The molecule has 0 saturated carbocycles. The number of fused-ring (bicyclic) bond motifs is 2. The SMILES string of the molecule is C=C1N=C(N)C(C)=CN1[C@@H]1O[C@@](CO)(CN=[N+]=[N-])[C@@H](O)[C@H]1F.C=C1N=C(N)C=CN1[C@@H]1O[C@@](CO)(CCl)[C@@H](O)[C@H]1O.C=C1N=C(NO)C=CN1[C@@H]1O[C@@](CO)(CN=[N+]=[N-])[C@@H](O)[C@H]1F.C=C1NC(=NC)C=CN1[C@@H]1O[C@@](CO)(CN=[N+]=[N-])[C@@H](O)[C@H]1F.Cc1nc2c(ncn2[C@@H]2O[C@@](CO)(CN=[N+]=[N-])[C@@H](O)[C@H]2F)c(=O)[nH]1.[N-]=[N+]=NC[C@]1(CO)O[C@@H](n2cnc3c(N)ccnc32)[C@H](F)[C@@H]1O. The van der Waals surface area contributed by atoms with Gasteiger partial charge < -0.3 is 142 Å². The zero-order valence-electron chi connectivity index (χ0n) is 69.6. The molecule has 0 radical (unpaired) electrons. The van der Waals surface area contributed by atoms with Crippen LogP contribution in [0.5, 0.6) is 0 Å². The average Bonchev–Trinajstić information content (AvgIpc) is 1.57. The molecule has 132 heavy (non-hydrogen) atoms. The van der Waals surface area contributed by atoms with Gasteiger partial charge in [0.1, 0.15) is 128 Å². The minimum Gasteiger partial charge on any atom is -0.397 e. The molecule has 6 fully saturated rings. The molecular formula is C70H93ClF5N35O21. The lowest BCUT2D eigenvalue weighted by Gasteiger charge is -2.34. The van der Waals surface area contributed by atoms with Crippen LogP contribution in [0.25, 0.3) is 74.5 Å². The number of azide groups is 5. The van der Waals surface area contributed by atoms with Crippen molar-refractivity contribution < 1.29 is 122 Å². The molecular weight excluding hydrogens is 1800 g/mol. The Hall–Kier alpha value is -12.5. The van der Waals surface area contributed by atoms with E-state index in [1.54, 1.807) is 33.0 Å². The topological polar surface area (TPSA) is 841 Å². The molecule has 0 bridgehead atoms. The highest BCUT2D eigenvalue weighted by molar-refractivity contribution is 6.18. The number of imidazole rings is 2. The molecule has 0 amide bonds. The second-order valence-corrected chi connectivity index (χ2v) is 30.3. The molecule has 6 saturated heterocycles. The Bertz CT molecular complexity index is 5460. The van der Waals surface area contributed by atoms with Crippen molar-refractivity contribution in [1.82, 2.24) is 64.5 Å². The summed E-state index contributed by atoms with van der Waals surface area (Å²) in [4.78, 5) is 64.1. The van der Waals surface area contributed by atoms with Gasteiger partial charge in [0.25, 0.3) is 5.56 Å². The van der Waals surface area contributed by atoms with E-state index in [0.29, 0.717) is 34.3 Å². The first kappa shape index (κ1) is 103. The number of H-pyrrole nitrogens is 1. The van der Waals surface area contributed by atoms with E-state index in [2.05, 4.69) is 127 Å². The van der Waals surface area contributed by atoms with Crippen molar-refractivity contribution >= 4 is 63.0 Å². The van der Waals surface area contributed by atoms with Gasteiger partial charge in [0.15, 0.2) is 90.9 Å². The number of aliphatic hydroxyl groups is 13. The zero-order chi connectivity index (χ0) is 97.4. The van der Waals surface area contributed by atoms with Crippen LogP contribution in [0.2, 0.25) is 0 Å². The number of nitrogen functional groups attached to an aromatic ring is 1. The second kappa shape index (κ2) is 43.7. The van der Waals surface area contributed by atoms with Gasteiger partial charge in [0, 0.05) is 68.2 Å². The number of aromatic amines is 1. The number of anilines is 1. The fraction of sp³-hybridized carbons (Fsp3) is 0.557. The molecule has 716 valence electrons. The number of aromatic nitrogens is 7. The number of halogens is 6. The zero-order valence-corrected chi connectivity index (χ0v) is 70.4. The van der Waals surface area contributed by atoms with Crippen molar-refractivity contribution in [3.05, 3.63) is 192 Å². The highest BCUT2D eigenvalue weighted by Gasteiger charge is 2.62. The standard InChI is InChI=1S/C12H14FN7O4.C12H14FN7O3.2C12H17FN6O3.C11H16ClN3O4.C11H15FN6O4/c1-5-17-9-7(10(23)18-5)15-4-20(9)11-6(13)8(22)12(3-21,24-11)2-16-19-14;13-7-9(22)12(4-21,3-18-19-15)23-11(7)20-5-17-8-6(14)1-2-16-10(8)20;1-6-3-19(7(2)17-10(6)14)11-8(13)9(21)12(5-20,22-11)4-16-18-15;1-7-17-8(15-2)3-4-19(7)11-9(13)10(21)12(6-20,22-11)5-16-18-14;1-6-14-7(13)2-3-15(6)10-8(17)9(18)11(4-12,5-16)19-10;1-6-15-7(16-21)2-3-18(6)10-8(12)9(20)11(5-19,22-10)4-14-17-13/h4,6,8,11,21-22H,2-3H2,1H3,(H,17,18,23);1-2,5,7,9,11,21-22H,3-4H2,(H2,14,16);3,8-9,11,20-21H,2,4-5H2,1H3,(H2,14,17);3-4,9-11,20-21H,1,5-6H2,2H3,(H,15,17);2-3,8-10,16-18H,1,4-5H2,(H2,13,14);2-3,8-10,19-21H,1,4-5H2,(H,15,16)/t6-,8+,11-,12-;7-,9+,11-,12-;8-,9+,11-,12-;9-,10+,11-,12-;2*8-,9+,10-,11-/m111111/s1. The Morgan fingerprint density at radius 1 is 0.523 bits per heavy atom. The molecule has 24 atom stereocenters. The molecule has 4 aromatic rings. The summed E-state index contributed by atoms with van der Waals surface area (Å²) >= 11 is 5.73. The molecule has 0 unspecified atom stereocenters. The lowest BCUT2D eigenvalue weighted by Crippen LogP contribution is -2.48. The minimum absolute atomic E-state index is 0.0116. The number of aliphatic imine (C=N–C) groups is 4. The Balaban J connectivity index is 0.000000178. The van der Waals surface area contributed by atoms with Crippen molar-refractivity contribution in [2.24, 2.45) is 57.0 Å². The van der Waals surface area contributed by atoms with Gasteiger partial charge in [0.2, 0.25) is 0 Å². The first-order valence-electron chi connectivity index (χ1n) is 38.6. The van der Waals surface area contributed by atoms with Crippen molar-refractivity contribution in [3.8, 4) is 0 Å². The highest BCUT2D eigenvalue weighted by atomic mass is 35.5. The number of rotatable bonds is 23. The maximum absolute atomic E-state index is 14.6. The van der Waals surface area contributed by atoms with Gasteiger partial charge in [-0.1, -0.05) is 51.9 Å². The molecule has 23 N–H and O–H groups in total. The number of alkyl halides is 6. The number of amidine groups is 4. The van der Waals surface area contributed by atoms with E-state index in [0.717, 1.165) is 6.33 Å². The maximum Gasteiger partial charge on any atom is 0.279 e. The highest BCUT2D eigenvalue weighted by Crippen LogP contribution is 2.45. The molecule has 0 aromatic carbocycles. The summed E-state index contributed by atoms with van der Waals surface area (Å²) in [6.07, 6.45) is -13.6. The quantitative estimate of drug-likeness (QED) is 0.0101.